The maximum absolute atomic E-state index is 11.2. The van der Waals surface area contributed by atoms with Crippen molar-refractivity contribution >= 4 is 29.4 Å². The van der Waals surface area contributed by atoms with E-state index in [4.69, 9.17) is 15.6 Å². The van der Waals surface area contributed by atoms with E-state index in [0.29, 0.717) is 0 Å². The molecule has 1 amide bonds. The van der Waals surface area contributed by atoms with Crippen LogP contribution in [-0.4, -0.2) is 34.0 Å². The van der Waals surface area contributed by atoms with Gasteiger partial charge in [0.15, 0.2) is 5.11 Å². The van der Waals surface area contributed by atoms with Crippen LogP contribution in [0.3, 0.4) is 0 Å². The molecule has 16 heavy (non-hydrogen) atoms. The number of hydrogen-bond donors (Lipinski definition) is 4. The van der Waals surface area contributed by atoms with Gasteiger partial charge in [-0.1, -0.05) is 0 Å². The van der Waals surface area contributed by atoms with Gasteiger partial charge in [0.25, 0.3) is 0 Å². The van der Waals surface area contributed by atoms with Crippen molar-refractivity contribution in [3.8, 4) is 0 Å². The average molecular weight is 249 g/mol. The van der Waals surface area contributed by atoms with Gasteiger partial charge in [-0.05, 0) is 33.0 Å². The van der Waals surface area contributed by atoms with Crippen LogP contribution in [0.5, 0.6) is 0 Å². The molecule has 1 unspecified atom stereocenters. The zero-order chi connectivity index (χ0) is 12.9. The fourth-order valence-electron chi connectivity index (χ4n) is 0.727. The number of carbonyl (C=O) groups excluding carboxylic acids is 1. The van der Waals surface area contributed by atoms with E-state index in [1.165, 1.54) is 0 Å². The third-order valence-corrected chi connectivity index (χ3v) is 1.31. The Morgan fingerprint density at radius 1 is 1.38 bits per heavy atom. The third-order valence-electron chi connectivity index (χ3n) is 1.19. The number of carbonyl (C=O) groups is 2. The number of hydrogen-bond acceptors (Lipinski definition) is 4. The number of thiocarbonyl (C=S) groups is 1. The van der Waals surface area contributed by atoms with Gasteiger partial charge in [0, 0.05) is 0 Å². The quantitative estimate of drug-likeness (QED) is 0.403. The summed E-state index contributed by atoms with van der Waals surface area (Å²) in [7, 11) is 0. The number of nitrogens with two attached hydrogens (primary N) is 1. The van der Waals surface area contributed by atoms with E-state index >= 15 is 0 Å². The average Bonchev–Trinajstić information content (AvgIpc) is 1.97. The van der Waals surface area contributed by atoms with E-state index in [1.54, 1.807) is 20.8 Å². The summed E-state index contributed by atoms with van der Waals surface area (Å²) in [4.78, 5) is 21.9. The van der Waals surface area contributed by atoms with Gasteiger partial charge in [0.1, 0.15) is 5.60 Å². The molecule has 0 aliphatic heterocycles. The van der Waals surface area contributed by atoms with Crippen molar-refractivity contribution in [3.63, 3.8) is 0 Å². The van der Waals surface area contributed by atoms with Gasteiger partial charge in [0.05, 0.1) is 0 Å². The number of amides is 1. The van der Waals surface area contributed by atoms with Gasteiger partial charge in [-0.15, -0.1) is 0 Å². The summed E-state index contributed by atoms with van der Waals surface area (Å²) >= 11 is 4.46. The molecule has 0 fully saturated rings. The van der Waals surface area contributed by atoms with Gasteiger partial charge < -0.3 is 20.9 Å². The van der Waals surface area contributed by atoms with Crippen LogP contribution in [0.4, 0.5) is 4.79 Å². The monoisotopic (exact) mass is 249 g/mol. The zero-order valence-corrected chi connectivity index (χ0v) is 10.1. The second-order valence-corrected chi connectivity index (χ2v) is 4.37. The minimum Gasteiger partial charge on any atom is -0.478 e. The van der Waals surface area contributed by atoms with Crippen LogP contribution in [0.2, 0.25) is 0 Å². The second-order valence-electron chi connectivity index (χ2n) is 3.93. The lowest BCUT2D eigenvalue weighted by Gasteiger charge is -2.22. The SMILES string of the molecule is CC(C)(C)OC(=O)NC(NC(N)=S)C(=O)O. The molecule has 8 heteroatoms. The van der Waals surface area contributed by atoms with Gasteiger partial charge in [0.2, 0.25) is 6.17 Å². The second kappa shape index (κ2) is 5.50. The number of nitrogens with one attached hydrogen (secondary N) is 2. The van der Waals surface area contributed by atoms with E-state index in [0.717, 1.165) is 0 Å². The summed E-state index contributed by atoms with van der Waals surface area (Å²) in [5.74, 6) is -1.32. The van der Waals surface area contributed by atoms with E-state index in [2.05, 4.69) is 22.9 Å². The maximum Gasteiger partial charge on any atom is 0.409 e. The Labute approximate surface area is 98.3 Å². The van der Waals surface area contributed by atoms with Crippen molar-refractivity contribution in [1.29, 1.82) is 0 Å². The summed E-state index contributed by atoms with van der Waals surface area (Å²) in [6, 6.07) is 0. The van der Waals surface area contributed by atoms with Crippen molar-refractivity contribution in [2.75, 3.05) is 0 Å². The van der Waals surface area contributed by atoms with Crippen LogP contribution in [0.15, 0.2) is 0 Å². The topological polar surface area (TPSA) is 114 Å². The predicted molar refractivity (Wildman–Crippen MR) is 60.7 cm³/mol. The van der Waals surface area contributed by atoms with Crippen LogP contribution in [-0.2, 0) is 9.53 Å². The summed E-state index contributed by atoms with van der Waals surface area (Å²) in [6.07, 6.45) is -2.28. The number of carboxylic acid groups (broad SMARTS) is 1. The molecular formula is C8H15N3O4S. The largest absolute Gasteiger partial charge is 0.478 e. The van der Waals surface area contributed by atoms with E-state index in [1.807, 2.05) is 0 Å². The van der Waals surface area contributed by atoms with Gasteiger partial charge in [-0.25, -0.2) is 9.59 Å². The lowest BCUT2D eigenvalue weighted by atomic mass is 10.2. The van der Waals surface area contributed by atoms with Gasteiger partial charge in [-0.2, -0.15) is 0 Å². The summed E-state index contributed by atoms with van der Waals surface area (Å²) < 4.78 is 4.86. The molecule has 0 radical (unpaired) electrons. The lowest BCUT2D eigenvalue weighted by molar-refractivity contribution is -0.139. The molecular weight excluding hydrogens is 234 g/mol. The molecule has 0 aromatic heterocycles. The Morgan fingerprint density at radius 3 is 2.19 bits per heavy atom. The molecule has 0 aliphatic carbocycles. The molecule has 0 bridgehead atoms. The molecule has 0 aromatic carbocycles. The first-order chi connectivity index (χ1) is 7.11. The third kappa shape index (κ3) is 6.82. The summed E-state index contributed by atoms with van der Waals surface area (Å²) in [6.45, 7) is 4.97. The highest BCUT2D eigenvalue weighted by Crippen LogP contribution is 2.06. The number of ether oxygens (including phenoxy) is 1. The summed E-state index contributed by atoms with van der Waals surface area (Å²) in [5.41, 5.74) is 4.39. The molecule has 0 saturated heterocycles. The maximum atomic E-state index is 11.2. The van der Waals surface area contributed by atoms with Crippen LogP contribution in [0.25, 0.3) is 0 Å². The number of aliphatic carboxylic acids is 1. The zero-order valence-electron chi connectivity index (χ0n) is 9.23. The highest BCUT2D eigenvalue weighted by molar-refractivity contribution is 7.80. The van der Waals surface area contributed by atoms with E-state index < -0.39 is 23.8 Å². The minimum atomic E-state index is -1.41. The molecule has 1 atom stereocenters. The van der Waals surface area contributed by atoms with E-state index in [-0.39, 0.29) is 5.11 Å². The van der Waals surface area contributed by atoms with Crippen LogP contribution < -0.4 is 16.4 Å². The van der Waals surface area contributed by atoms with Crippen molar-refractivity contribution in [2.45, 2.75) is 32.5 Å². The van der Waals surface area contributed by atoms with E-state index in [9.17, 15) is 9.59 Å². The first-order valence-electron chi connectivity index (χ1n) is 4.40. The molecule has 0 rings (SSSR count). The molecule has 0 heterocycles. The van der Waals surface area contributed by atoms with Crippen LogP contribution in [0.1, 0.15) is 20.8 Å². The minimum absolute atomic E-state index is 0.233. The number of rotatable bonds is 3. The Morgan fingerprint density at radius 2 is 1.88 bits per heavy atom. The molecule has 0 aromatic rings. The van der Waals surface area contributed by atoms with Crippen LogP contribution >= 0.6 is 12.2 Å². The molecule has 0 aliphatic rings. The van der Waals surface area contributed by atoms with Crippen molar-refractivity contribution in [1.82, 2.24) is 10.6 Å². The van der Waals surface area contributed by atoms with Crippen molar-refractivity contribution in [3.05, 3.63) is 0 Å². The molecule has 0 spiro atoms. The Balaban J connectivity index is 4.35. The molecule has 0 saturated carbocycles. The number of carboxylic acids is 1. The molecule has 5 N–H and O–H groups in total. The first-order valence-corrected chi connectivity index (χ1v) is 4.81. The smallest absolute Gasteiger partial charge is 0.409 e. The fourth-order valence-corrected chi connectivity index (χ4v) is 0.845. The molecule has 7 nitrogen and oxygen atoms in total. The highest BCUT2D eigenvalue weighted by Gasteiger charge is 2.23. The lowest BCUT2D eigenvalue weighted by Crippen LogP contribution is -2.55. The standard InChI is InChI=1S/C8H15N3O4S/c1-8(2,3)15-7(14)11-4(5(12)13)10-6(9)16/h4H,1-3H3,(H,11,14)(H,12,13)(H3,9,10,16). The van der Waals surface area contributed by atoms with Crippen molar-refractivity contribution in [2.24, 2.45) is 5.73 Å². The Hall–Kier alpha value is -1.57. The Kier molecular flexibility index (Phi) is 4.96. The van der Waals surface area contributed by atoms with Crippen molar-refractivity contribution < 1.29 is 19.4 Å². The Bertz CT molecular complexity index is 300. The van der Waals surface area contributed by atoms with Gasteiger partial charge >= 0.3 is 12.1 Å². The van der Waals surface area contributed by atoms with Gasteiger partial charge in [-0.3, -0.25) is 5.32 Å². The van der Waals surface area contributed by atoms with Crippen LogP contribution in [0, 0.1) is 0 Å². The predicted octanol–water partition coefficient (Wildman–Crippen LogP) is -0.245. The highest BCUT2D eigenvalue weighted by atomic mass is 32.1. The first kappa shape index (κ1) is 14.4. The normalized spacial score (nSPS) is 12.4. The summed E-state index contributed by atoms with van der Waals surface area (Å²) in [5, 5.41) is 12.7. The number of alkyl carbamates (subject to hydrolysis) is 1. The fraction of sp³-hybridized carbons (Fsp3) is 0.625. The molecule has 92 valence electrons.